The highest BCUT2D eigenvalue weighted by molar-refractivity contribution is 5.65. The van der Waals surface area contributed by atoms with E-state index in [1.54, 1.807) is 6.19 Å². The SMILES string of the molecule is COc1ccc(F)cc1Nc1cc(NC#N)ncn1. The summed E-state index contributed by atoms with van der Waals surface area (Å²) in [6.45, 7) is 0. The fourth-order valence-corrected chi connectivity index (χ4v) is 1.47. The minimum Gasteiger partial charge on any atom is -0.495 e. The fraction of sp³-hybridized carbons (Fsp3) is 0.0833. The van der Waals surface area contributed by atoms with Gasteiger partial charge < -0.3 is 10.1 Å². The maximum absolute atomic E-state index is 13.2. The number of hydrogen-bond donors (Lipinski definition) is 2. The van der Waals surface area contributed by atoms with Crippen LogP contribution in [0, 0.1) is 17.3 Å². The molecule has 0 aliphatic rings. The minimum atomic E-state index is -0.396. The van der Waals surface area contributed by atoms with Gasteiger partial charge in [-0.1, -0.05) is 0 Å². The Labute approximate surface area is 108 Å². The smallest absolute Gasteiger partial charge is 0.182 e. The van der Waals surface area contributed by atoms with Crippen LogP contribution in [0.1, 0.15) is 0 Å². The fourth-order valence-electron chi connectivity index (χ4n) is 1.47. The normalized spacial score (nSPS) is 9.53. The van der Waals surface area contributed by atoms with Crippen LogP contribution < -0.4 is 15.4 Å². The van der Waals surface area contributed by atoms with Gasteiger partial charge in [-0.2, -0.15) is 5.26 Å². The quantitative estimate of drug-likeness (QED) is 0.647. The van der Waals surface area contributed by atoms with Gasteiger partial charge in [-0.05, 0) is 12.1 Å². The Morgan fingerprint density at radius 2 is 2.05 bits per heavy atom. The predicted octanol–water partition coefficient (Wildman–Crippen LogP) is 2.26. The first-order valence-electron chi connectivity index (χ1n) is 5.30. The first-order valence-corrected chi connectivity index (χ1v) is 5.30. The van der Waals surface area contributed by atoms with Gasteiger partial charge in [0.1, 0.15) is 29.5 Å². The van der Waals surface area contributed by atoms with Crippen molar-refractivity contribution in [2.24, 2.45) is 0 Å². The number of rotatable bonds is 4. The number of halogens is 1. The van der Waals surface area contributed by atoms with Gasteiger partial charge in [-0.3, -0.25) is 5.32 Å². The second-order valence-corrected chi connectivity index (χ2v) is 3.49. The summed E-state index contributed by atoms with van der Waals surface area (Å²) in [6, 6.07) is 5.62. The molecule has 0 unspecified atom stereocenters. The van der Waals surface area contributed by atoms with E-state index in [0.717, 1.165) is 0 Å². The van der Waals surface area contributed by atoms with Crippen molar-refractivity contribution in [2.45, 2.75) is 0 Å². The second-order valence-electron chi connectivity index (χ2n) is 3.49. The van der Waals surface area contributed by atoms with Crippen LogP contribution in [0.2, 0.25) is 0 Å². The van der Waals surface area contributed by atoms with Gasteiger partial charge in [0.2, 0.25) is 0 Å². The van der Waals surface area contributed by atoms with E-state index in [4.69, 9.17) is 10.00 Å². The average Bonchev–Trinajstić information content (AvgIpc) is 2.40. The molecule has 0 amide bonds. The third-order valence-electron chi connectivity index (χ3n) is 2.28. The molecule has 2 aromatic rings. The van der Waals surface area contributed by atoms with Crippen molar-refractivity contribution < 1.29 is 9.13 Å². The molecule has 0 saturated heterocycles. The monoisotopic (exact) mass is 259 g/mol. The van der Waals surface area contributed by atoms with Gasteiger partial charge in [0, 0.05) is 12.1 Å². The summed E-state index contributed by atoms with van der Waals surface area (Å²) in [5.74, 6) is 0.842. The molecule has 0 radical (unpaired) electrons. The van der Waals surface area contributed by atoms with Gasteiger partial charge in [0.05, 0.1) is 12.8 Å². The Balaban J connectivity index is 2.28. The molecule has 2 rings (SSSR count). The lowest BCUT2D eigenvalue weighted by molar-refractivity contribution is 0.416. The van der Waals surface area contributed by atoms with E-state index in [0.29, 0.717) is 23.1 Å². The van der Waals surface area contributed by atoms with E-state index < -0.39 is 5.82 Å². The molecular weight excluding hydrogens is 249 g/mol. The maximum Gasteiger partial charge on any atom is 0.182 e. The third kappa shape index (κ3) is 3.07. The zero-order valence-corrected chi connectivity index (χ0v) is 10.0. The van der Waals surface area contributed by atoms with Gasteiger partial charge in [-0.15, -0.1) is 0 Å². The molecule has 0 spiro atoms. The van der Waals surface area contributed by atoms with Crippen LogP contribution in [0.25, 0.3) is 0 Å². The summed E-state index contributed by atoms with van der Waals surface area (Å²) >= 11 is 0. The van der Waals surface area contributed by atoms with E-state index in [1.807, 2.05) is 0 Å². The van der Waals surface area contributed by atoms with Crippen LogP contribution in [0.5, 0.6) is 5.75 Å². The number of nitriles is 1. The number of anilines is 3. The van der Waals surface area contributed by atoms with Crippen molar-refractivity contribution in [1.29, 1.82) is 5.26 Å². The molecule has 0 saturated carbocycles. The van der Waals surface area contributed by atoms with Crippen molar-refractivity contribution >= 4 is 17.3 Å². The molecule has 0 bridgehead atoms. The zero-order valence-electron chi connectivity index (χ0n) is 10.0. The van der Waals surface area contributed by atoms with Gasteiger partial charge in [0.15, 0.2) is 6.19 Å². The van der Waals surface area contributed by atoms with Crippen molar-refractivity contribution in [1.82, 2.24) is 9.97 Å². The summed E-state index contributed by atoms with van der Waals surface area (Å²) < 4.78 is 18.3. The third-order valence-corrected chi connectivity index (χ3v) is 2.28. The highest BCUT2D eigenvalue weighted by Gasteiger charge is 2.06. The van der Waals surface area contributed by atoms with Crippen molar-refractivity contribution in [2.75, 3.05) is 17.7 Å². The molecule has 2 N–H and O–H groups in total. The van der Waals surface area contributed by atoms with Crippen LogP contribution >= 0.6 is 0 Å². The number of nitrogens with one attached hydrogen (secondary N) is 2. The summed E-state index contributed by atoms with van der Waals surface area (Å²) in [7, 11) is 1.49. The molecular formula is C12H10FN5O. The first kappa shape index (κ1) is 12.6. The molecule has 0 aliphatic heterocycles. The van der Waals surface area contributed by atoms with E-state index >= 15 is 0 Å². The summed E-state index contributed by atoms with van der Waals surface area (Å²) in [4.78, 5) is 7.81. The van der Waals surface area contributed by atoms with Crippen LogP contribution in [0.4, 0.5) is 21.7 Å². The summed E-state index contributed by atoms with van der Waals surface area (Å²) in [6.07, 6.45) is 3.04. The Hall–Kier alpha value is -2.88. The standard InChI is InChI=1S/C12H10FN5O/c1-19-10-3-2-8(13)4-9(10)18-12-5-11(15-6-14)16-7-17-12/h2-5,7H,1H3,(H2,15,16,17,18). The lowest BCUT2D eigenvalue weighted by Gasteiger charge is -2.10. The Kier molecular flexibility index (Phi) is 3.73. The van der Waals surface area contributed by atoms with Crippen molar-refractivity contribution in [3.63, 3.8) is 0 Å². The van der Waals surface area contributed by atoms with Crippen LogP contribution in [-0.2, 0) is 0 Å². The van der Waals surface area contributed by atoms with E-state index in [2.05, 4.69) is 20.6 Å². The van der Waals surface area contributed by atoms with E-state index in [-0.39, 0.29) is 0 Å². The molecule has 0 fully saturated rings. The lowest BCUT2D eigenvalue weighted by atomic mass is 10.3. The topological polar surface area (TPSA) is 82.9 Å². The number of ether oxygens (including phenoxy) is 1. The number of hydrogen-bond acceptors (Lipinski definition) is 6. The molecule has 1 heterocycles. The molecule has 0 aliphatic carbocycles. The van der Waals surface area contributed by atoms with Crippen LogP contribution in [0.3, 0.4) is 0 Å². The van der Waals surface area contributed by atoms with Gasteiger partial charge in [-0.25, -0.2) is 14.4 Å². The molecule has 96 valence electrons. The highest BCUT2D eigenvalue weighted by atomic mass is 19.1. The first-order chi connectivity index (χ1) is 9.22. The Bertz CT molecular complexity index is 626. The Morgan fingerprint density at radius 3 is 2.79 bits per heavy atom. The molecule has 19 heavy (non-hydrogen) atoms. The minimum absolute atomic E-state index is 0.343. The maximum atomic E-state index is 13.2. The molecule has 0 atom stereocenters. The van der Waals surface area contributed by atoms with E-state index in [9.17, 15) is 4.39 Å². The van der Waals surface area contributed by atoms with Crippen molar-refractivity contribution in [3.8, 4) is 11.9 Å². The van der Waals surface area contributed by atoms with Crippen LogP contribution in [0.15, 0.2) is 30.6 Å². The molecule has 1 aromatic carbocycles. The highest BCUT2D eigenvalue weighted by Crippen LogP contribution is 2.27. The van der Waals surface area contributed by atoms with Crippen molar-refractivity contribution in [3.05, 3.63) is 36.4 Å². The van der Waals surface area contributed by atoms with Crippen LogP contribution in [-0.4, -0.2) is 17.1 Å². The molecule has 6 nitrogen and oxygen atoms in total. The predicted molar refractivity (Wildman–Crippen MR) is 67.5 cm³/mol. The second kappa shape index (κ2) is 5.64. The largest absolute Gasteiger partial charge is 0.495 e. The Morgan fingerprint density at radius 1 is 1.26 bits per heavy atom. The number of nitrogens with zero attached hydrogens (tertiary/aromatic N) is 3. The summed E-state index contributed by atoms with van der Waals surface area (Å²) in [5.41, 5.74) is 0.434. The van der Waals surface area contributed by atoms with E-state index in [1.165, 1.54) is 37.7 Å². The van der Waals surface area contributed by atoms with Gasteiger partial charge in [0.25, 0.3) is 0 Å². The average molecular weight is 259 g/mol. The molecule has 1 aromatic heterocycles. The zero-order chi connectivity index (χ0) is 13.7. The number of aromatic nitrogens is 2. The summed E-state index contributed by atoms with van der Waals surface area (Å²) in [5, 5.41) is 13.8. The number of benzene rings is 1. The number of methoxy groups -OCH3 is 1. The van der Waals surface area contributed by atoms with Gasteiger partial charge >= 0.3 is 0 Å². The lowest BCUT2D eigenvalue weighted by Crippen LogP contribution is -1.99. The molecule has 7 heteroatoms.